The molecule has 80 valence electrons. The molecule has 1 aliphatic rings. The third-order valence-corrected chi connectivity index (χ3v) is 1.24. The zero-order chi connectivity index (χ0) is 11.0. The standard InChI is InChI=1S/C6H3F6NO/c7-5(8,9)3-1-2-13-4(14-3)6(10,11)12/h1H,2H2. The van der Waals surface area contributed by atoms with E-state index in [0.29, 0.717) is 6.08 Å². The van der Waals surface area contributed by atoms with Gasteiger partial charge in [-0.2, -0.15) is 26.3 Å². The van der Waals surface area contributed by atoms with Crippen LogP contribution in [0.15, 0.2) is 16.8 Å². The lowest BCUT2D eigenvalue weighted by atomic mass is 10.4. The zero-order valence-corrected chi connectivity index (χ0v) is 6.41. The van der Waals surface area contributed by atoms with Gasteiger partial charge in [-0.1, -0.05) is 0 Å². The molecule has 0 bridgehead atoms. The average Bonchev–Trinajstić information content (AvgIpc) is 2.01. The van der Waals surface area contributed by atoms with Crippen LogP contribution in [0.1, 0.15) is 0 Å². The molecule has 1 heterocycles. The predicted octanol–water partition coefficient (Wildman–Crippen LogP) is 2.42. The summed E-state index contributed by atoms with van der Waals surface area (Å²) in [6.45, 7) is -0.691. The minimum absolute atomic E-state index is 0.440. The van der Waals surface area contributed by atoms with Crippen LogP contribution in [0.25, 0.3) is 0 Å². The number of hydrogen-bond acceptors (Lipinski definition) is 2. The topological polar surface area (TPSA) is 21.6 Å². The van der Waals surface area contributed by atoms with Crippen LogP contribution in [-0.4, -0.2) is 24.8 Å². The molecule has 0 radical (unpaired) electrons. The molecule has 0 saturated carbocycles. The number of nitrogens with zero attached hydrogens (tertiary/aromatic N) is 1. The molecular formula is C6H3F6NO. The first-order valence-electron chi connectivity index (χ1n) is 3.28. The number of alkyl halides is 6. The highest BCUT2D eigenvalue weighted by Crippen LogP contribution is 2.31. The fraction of sp³-hybridized carbons (Fsp3) is 0.500. The zero-order valence-electron chi connectivity index (χ0n) is 6.41. The summed E-state index contributed by atoms with van der Waals surface area (Å²) < 4.78 is 74.8. The summed E-state index contributed by atoms with van der Waals surface area (Å²) in [4.78, 5) is 2.76. The van der Waals surface area contributed by atoms with Gasteiger partial charge in [0.1, 0.15) is 0 Å². The van der Waals surface area contributed by atoms with Crippen LogP contribution in [0.5, 0.6) is 0 Å². The van der Waals surface area contributed by atoms with Gasteiger partial charge in [0.15, 0.2) is 0 Å². The molecule has 0 aromatic heterocycles. The summed E-state index contributed by atoms with van der Waals surface area (Å²) in [7, 11) is 0. The maximum Gasteiger partial charge on any atom is 0.468 e. The molecule has 8 heteroatoms. The molecule has 0 amide bonds. The van der Waals surface area contributed by atoms with E-state index in [-0.39, 0.29) is 0 Å². The van der Waals surface area contributed by atoms with Crippen molar-refractivity contribution in [2.75, 3.05) is 6.54 Å². The summed E-state index contributed by atoms with van der Waals surface area (Å²) in [5, 5.41) is 0. The van der Waals surface area contributed by atoms with Crippen molar-refractivity contribution in [2.45, 2.75) is 12.4 Å². The molecule has 0 unspecified atom stereocenters. The molecule has 0 N–H and O–H groups in total. The number of halogens is 6. The summed E-state index contributed by atoms with van der Waals surface area (Å²) in [5.41, 5.74) is 0. The Morgan fingerprint density at radius 2 is 1.64 bits per heavy atom. The first kappa shape index (κ1) is 10.9. The van der Waals surface area contributed by atoms with Gasteiger partial charge in [0.25, 0.3) is 5.90 Å². The summed E-state index contributed by atoms with van der Waals surface area (Å²) >= 11 is 0. The number of rotatable bonds is 0. The van der Waals surface area contributed by atoms with E-state index in [1.165, 1.54) is 0 Å². The molecule has 0 spiro atoms. The highest BCUT2D eigenvalue weighted by molar-refractivity contribution is 5.83. The minimum atomic E-state index is -5.00. The van der Waals surface area contributed by atoms with Crippen molar-refractivity contribution in [3.05, 3.63) is 11.8 Å². The lowest BCUT2D eigenvalue weighted by Crippen LogP contribution is -2.31. The monoisotopic (exact) mass is 219 g/mol. The quantitative estimate of drug-likeness (QED) is 0.573. The van der Waals surface area contributed by atoms with Gasteiger partial charge < -0.3 is 4.74 Å². The second kappa shape index (κ2) is 3.18. The molecule has 0 aliphatic carbocycles. The van der Waals surface area contributed by atoms with Crippen molar-refractivity contribution >= 4 is 5.90 Å². The van der Waals surface area contributed by atoms with E-state index in [1.807, 2.05) is 0 Å². The Balaban J connectivity index is 2.79. The van der Waals surface area contributed by atoms with Crippen molar-refractivity contribution in [3.63, 3.8) is 0 Å². The smallest absolute Gasteiger partial charge is 0.430 e. The minimum Gasteiger partial charge on any atom is -0.430 e. The largest absolute Gasteiger partial charge is 0.468 e. The third kappa shape index (κ3) is 2.39. The van der Waals surface area contributed by atoms with E-state index in [2.05, 4.69) is 9.73 Å². The number of aliphatic imine (C=N–C) groups is 1. The molecule has 0 atom stereocenters. The molecular weight excluding hydrogens is 216 g/mol. The van der Waals surface area contributed by atoms with Crippen molar-refractivity contribution in [3.8, 4) is 0 Å². The van der Waals surface area contributed by atoms with E-state index in [1.54, 1.807) is 0 Å². The van der Waals surface area contributed by atoms with Gasteiger partial charge in [-0.05, 0) is 6.08 Å². The second-order valence-corrected chi connectivity index (χ2v) is 2.31. The first-order valence-corrected chi connectivity index (χ1v) is 3.28. The molecule has 0 aromatic rings. The van der Waals surface area contributed by atoms with Gasteiger partial charge in [0.2, 0.25) is 5.76 Å². The highest BCUT2D eigenvalue weighted by Gasteiger charge is 2.45. The van der Waals surface area contributed by atoms with Gasteiger partial charge in [-0.15, -0.1) is 0 Å². The Kier molecular flexibility index (Phi) is 2.47. The molecule has 0 aromatic carbocycles. The maximum absolute atomic E-state index is 11.9. The van der Waals surface area contributed by atoms with Crippen molar-refractivity contribution in [1.29, 1.82) is 0 Å². The van der Waals surface area contributed by atoms with Crippen LogP contribution in [0, 0.1) is 0 Å². The SMILES string of the molecule is FC(F)(F)C1=CCN=C(C(F)(F)F)O1. The lowest BCUT2D eigenvalue weighted by Gasteiger charge is -2.18. The van der Waals surface area contributed by atoms with Gasteiger partial charge in [0, 0.05) is 0 Å². The van der Waals surface area contributed by atoms with Gasteiger partial charge in [-0.3, -0.25) is 0 Å². The van der Waals surface area contributed by atoms with Gasteiger partial charge >= 0.3 is 12.4 Å². The summed E-state index contributed by atoms with van der Waals surface area (Å²) in [6, 6.07) is 0. The Bertz CT molecular complexity index is 258. The highest BCUT2D eigenvalue weighted by atomic mass is 19.4. The molecule has 14 heavy (non-hydrogen) atoms. The van der Waals surface area contributed by atoms with Crippen LogP contribution >= 0.6 is 0 Å². The molecule has 0 saturated heterocycles. The van der Waals surface area contributed by atoms with E-state index in [0.717, 1.165) is 0 Å². The predicted molar refractivity (Wildman–Crippen MR) is 33.6 cm³/mol. The Morgan fingerprint density at radius 1 is 1.07 bits per heavy atom. The Morgan fingerprint density at radius 3 is 2.07 bits per heavy atom. The van der Waals surface area contributed by atoms with E-state index in [4.69, 9.17) is 0 Å². The number of hydrogen-bond donors (Lipinski definition) is 0. The van der Waals surface area contributed by atoms with Crippen molar-refractivity contribution in [2.24, 2.45) is 4.99 Å². The van der Waals surface area contributed by atoms with Gasteiger partial charge in [-0.25, -0.2) is 4.99 Å². The average molecular weight is 219 g/mol. The van der Waals surface area contributed by atoms with E-state index < -0.39 is 30.6 Å². The molecule has 0 fully saturated rings. The van der Waals surface area contributed by atoms with Crippen LogP contribution in [0.4, 0.5) is 26.3 Å². The Hall–Kier alpha value is -1.21. The summed E-state index contributed by atoms with van der Waals surface area (Å²) in [5.74, 6) is -3.55. The van der Waals surface area contributed by atoms with Crippen LogP contribution < -0.4 is 0 Å². The van der Waals surface area contributed by atoms with Crippen LogP contribution in [0.3, 0.4) is 0 Å². The fourth-order valence-electron chi connectivity index (χ4n) is 0.711. The van der Waals surface area contributed by atoms with Gasteiger partial charge in [0.05, 0.1) is 6.54 Å². The van der Waals surface area contributed by atoms with Crippen molar-refractivity contribution in [1.82, 2.24) is 0 Å². The third-order valence-electron chi connectivity index (χ3n) is 1.24. The normalized spacial score (nSPS) is 18.4. The maximum atomic E-state index is 11.9. The summed E-state index contributed by atoms with van der Waals surface area (Å²) in [6.07, 6.45) is -9.48. The first-order chi connectivity index (χ1) is 6.21. The number of allylic oxidation sites excluding steroid dienone is 1. The van der Waals surface area contributed by atoms with Crippen molar-refractivity contribution < 1.29 is 31.1 Å². The van der Waals surface area contributed by atoms with Crippen LogP contribution in [0.2, 0.25) is 0 Å². The number of ether oxygens (including phenoxy) is 1. The second-order valence-electron chi connectivity index (χ2n) is 2.31. The molecule has 1 aliphatic heterocycles. The fourth-order valence-corrected chi connectivity index (χ4v) is 0.711. The van der Waals surface area contributed by atoms with E-state index >= 15 is 0 Å². The van der Waals surface area contributed by atoms with Crippen LogP contribution in [-0.2, 0) is 4.74 Å². The molecule has 1 rings (SSSR count). The molecule has 2 nitrogen and oxygen atoms in total. The Labute approximate surface area is 73.9 Å². The van der Waals surface area contributed by atoms with E-state index in [9.17, 15) is 26.3 Å². The lowest BCUT2D eigenvalue weighted by molar-refractivity contribution is -0.129.